The minimum absolute atomic E-state index is 0.0912. The maximum absolute atomic E-state index is 12.0. The third-order valence-electron chi connectivity index (χ3n) is 3.92. The maximum atomic E-state index is 12.0. The van der Waals surface area contributed by atoms with Crippen molar-refractivity contribution in [1.82, 2.24) is 5.32 Å². The summed E-state index contributed by atoms with van der Waals surface area (Å²) < 4.78 is 0. The van der Waals surface area contributed by atoms with Gasteiger partial charge in [0.05, 0.1) is 5.54 Å². The Balaban J connectivity index is 2.10. The van der Waals surface area contributed by atoms with Crippen molar-refractivity contribution in [3.63, 3.8) is 0 Å². The van der Waals surface area contributed by atoms with Gasteiger partial charge in [0.25, 0.3) is 0 Å². The van der Waals surface area contributed by atoms with Crippen LogP contribution in [-0.2, 0) is 10.3 Å². The Bertz CT molecular complexity index is 379. The molecule has 1 saturated carbocycles. The van der Waals surface area contributed by atoms with Gasteiger partial charge in [-0.25, -0.2) is 0 Å². The molecule has 18 heavy (non-hydrogen) atoms. The van der Waals surface area contributed by atoms with Crippen LogP contribution in [0.25, 0.3) is 0 Å². The fourth-order valence-corrected chi connectivity index (χ4v) is 2.89. The average Bonchev–Trinajstić information content (AvgIpc) is 2.87. The lowest BCUT2D eigenvalue weighted by atomic mass is 9.88. The fourth-order valence-electron chi connectivity index (χ4n) is 2.89. The van der Waals surface area contributed by atoms with Gasteiger partial charge >= 0.3 is 0 Å². The Morgan fingerprint density at radius 2 is 1.89 bits per heavy atom. The number of carbonyl (C=O) groups excluding carboxylic acids is 1. The third kappa shape index (κ3) is 2.92. The first-order valence-electron chi connectivity index (χ1n) is 7.13. The summed E-state index contributed by atoms with van der Waals surface area (Å²) in [6.45, 7) is 2.12. The van der Waals surface area contributed by atoms with E-state index >= 15 is 0 Å². The van der Waals surface area contributed by atoms with Gasteiger partial charge in [-0.3, -0.25) is 4.79 Å². The smallest absolute Gasteiger partial charge is 0.220 e. The summed E-state index contributed by atoms with van der Waals surface area (Å²) in [4.78, 5) is 12.0. The van der Waals surface area contributed by atoms with Gasteiger partial charge < -0.3 is 5.32 Å². The second kappa shape index (κ2) is 6.03. The quantitative estimate of drug-likeness (QED) is 0.840. The molecule has 0 aliphatic heterocycles. The predicted octanol–water partition coefficient (Wildman–Crippen LogP) is 3.76. The SMILES string of the molecule is CCCCC(=O)NC1(c2ccccc2)CCCC1. The van der Waals surface area contributed by atoms with Crippen molar-refractivity contribution in [3.05, 3.63) is 35.9 Å². The highest BCUT2D eigenvalue weighted by Crippen LogP contribution is 2.38. The van der Waals surface area contributed by atoms with E-state index in [1.165, 1.54) is 18.4 Å². The molecule has 1 N–H and O–H groups in total. The van der Waals surface area contributed by atoms with E-state index in [1.807, 2.05) is 6.07 Å². The second-order valence-electron chi connectivity index (χ2n) is 5.31. The van der Waals surface area contributed by atoms with Gasteiger partial charge in [0.1, 0.15) is 0 Å². The van der Waals surface area contributed by atoms with Crippen LogP contribution >= 0.6 is 0 Å². The lowest BCUT2D eigenvalue weighted by molar-refractivity contribution is -0.123. The third-order valence-corrected chi connectivity index (χ3v) is 3.92. The Kier molecular flexibility index (Phi) is 4.40. The van der Waals surface area contributed by atoms with Crippen molar-refractivity contribution >= 4 is 5.91 Å². The number of hydrogen-bond donors (Lipinski definition) is 1. The highest BCUT2D eigenvalue weighted by molar-refractivity contribution is 5.77. The van der Waals surface area contributed by atoms with Crippen LogP contribution < -0.4 is 5.32 Å². The Labute approximate surface area is 110 Å². The summed E-state index contributed by atoms with van der Waals surface area (Å²) >= 11 is 0. The highest BCUT2D eigenvalue weighted by Gasteiger charge is 2.36. The molecule has 1 aromatic rings. The minimum atomic E-state index is -0.0912. The zero-order valence-corrected chi connectivity index (χ0v) is 11.2. The first kappa shape index (κ1) is 13.1. The van der Waals surface area contributed by atoms with Gasteiger partial charge in [-0.2, -0.15) is 0 Å². The largest absolute Gasteiger partial charge is 0.347 e. The highest BCUT2D eigenvalue weighted by atomic mass is 16.1. The van der Waals surface area contributed by atoms with Gasteiger partial charge in [0, 0.05) is 6.42 Å². The molecule has 0 unspecified atom stereocenters. The van der Waals surface area contributed by atoms with E-state index in [9.17, 15) is 4.79 Å². The molecule has 0 bridgehead atoms. The average molecular weight is 245 g/mol. The zero-order chi connectivity index (χ0) is 12.8. The molecular weight excluding hydrogens is 222 g/mol. The van der Waals surface area contributed by atoms with Crippen molar-refractivity contribution in [2.45, 2.75) is 57.4 Å². The first-order valence-corrected chi connectivity index (χ1v) is 7.13. The van der Waals surface area contributed by atoms with E-state index in [2.05, 4.69) is 36.5 Å². The number of nitrogens with one attached hydrogen (secondary N) is 1. The molecule has 2 rings (SSSR count). The van der Waals surface area contributed by atoms with Gasteiger partial charge in [-0.1, -0.05) is 56.5 Å². The summed E-state index contributed by atoms with van der Waals surface area (Å²) in [6.07, 6.45) is 7.29. The van der Waals surface area contributed by atoms with Crippen molar-refractivity contribution in [1.29, 1.82) is 0 Å². The topological polar surface area (TPSA) is 29.1 Å². The van der Waals surface area contributed by atoms with Crippen molar-refractivity contribution in [3.8, 4) is 0 Å². The van der Waals surface area contributed by atoms with Crippen molar-refractivity contribution in [2.24, 2.45) is 0 Å². The molecule has 2 nitrogen and oxygen atoms in total. The second-order valence-corrected chi connectivity index (χ2v) is 5.31. The molecule has 0 heterocycles. The van der Waals surface area contributed by atoms with Crippen LogP contribution in [0, 0.1) is 0 Å². The molecule has 0 atom stereocenters. The Hall–Kier alpha value is -1.31. The van der Waals surface area contributed by atoms with E-state index in [-0.39, 0.29) is 11.4 Å². The van der Waals surface area contributed by atoms with E-state index in [0.29, 0.717) is 6.42 Å². The molecular formula is C16H23NO. The van der Waals surface area contributed by atoms with Gasteiger partial charge in [0.15, 0.2) is 0 Å². The van der Waals surface area contributed by atoms with Gasteiger partial charge in [0.2, 0.25) is 5.91 Å². The number of hydrogen-bond acceptors (Lipinski definition) is 1. The van der Waals surface area contributed by atoms with Crippen molar-refractivity contribution in [2.75, 3.05) is 0 Å². The lowest BCUT2D eigenvalue weighted by Crippen LogP contribution is -2.43. The van der Waals surface area contributed by atoms with Crippen LogP contribution in [0.1, 0.15) is 57.4 Å². The molecule has 1 aliphatic rings. The normalized spacial score (nSPS) is 17.6. The molecule has 0 radical (unpaired) electrons. The summed E-state index contributed by atoms with van der Waals surface area (Å²) in [6, 6.07) is 10.4. The predicted molar refractivity (Wildman–Crippen MR) is 74.3 cm³/mol. The van der Waals surface area contributed by atoms with Gasteiger partial charge in [-0.05, 0) is 24.8 Å². The lowest BCUT2D eigenvalue weighted by Gasteiger charge is -2.31. The molecule has 1 fully saturated rings. The molecule has 1 aromatic carbocycles. The fraction of sp³-hybridized carbons (Fsp3) is 0.562. The molecule has 98 valence electrons. The maximum Gasteiger partial charge on any atom is 0.220 e. The summed E-state index contributed by atoms with van der Waals surface area (Å²) in [7, 11) is 0. The van der Waals surface area contributed by atoms with E-state index in [1.54, 1.807) is 0 Å². The summed E-state index contributed by atoms with van der Waals surface area (Å²) in [5.74, 6) is 0.211. The van der Waals surface area contributed by atoms with Crippen LogP contribution in [0.5, 0.6) is 0 Å². The zero-order valence-electron chi connectivity index (χ0n) is 11.2. The van der Waals surface area contributed by atoms with Crippen molar-refractivity contribution < 1.29 is 4.79 Å². The van der Waals surface area contributed by atoms with Crippen LogP contribution in [0.2, 0.25) is 0 Å². The summed E-state index contributed by atoms with van der Waals surface area (Å²) in [5.41, 5.74) is 1.18. The monoisotopic (exact) mass is 245 g/mol. The molecule has 0 aromatic heterocycles. The van der Waals surface area contributed by atoms with E-state index in [4.69, 9.17) is 0 Å². The first-order chi connectivity index (χ1) is 8.77. The summed E-state index contributed by atoms with van der Waals surface area (Å²) in [5, 5.41) is 3.30. The van der Waals surface area contributed by atoms with E-state index < -0.39 is 0 Å². The van der Waals surface area contributed by atoms with Crippen LogP contribution in [0.15, 0.2) is 30.3 Å². The van der Waals surface area contributed by atoms with Gasteiger partial charge in [-0.15, -0.1) is 0 Å². The number of carbonyl (C=O) groups is 1. The number of rotatable bonds is 5. The number of benzene rings is 1. The molecule has 1 amide bonds. The number of unbranched alkanes of at least 4 members (excludes halogenated alkanes) is 1. The van der Waals surface area contributed by atoms with Crippen LogP contribution in [0.4, 0.5) is 0 Å². The molecule has 0 spiro atoms. The van der Waals surface area contributed by atoms with Crippen LogP contribution in [0.3, 0.4) is 0 Å². The van der Waals surface area contributed by atoms with E-state index in [0.717, 1.165) is 25.7 Å². The number of amides is 1. The molecule has 0 saturated heterocycles. The minimum Gasteiger partial charge on any atom is -0.347 e. The Morgan fingerprint density at radius 3 is 2.50 bits per heavy atom. The molecule has 1 aliphatic carbocycles. The Morgan fingerprint density at radius 1 is 1.22 bits per heavy atom. The molecule has 2 heteroatoms. The standard InChI is InChI=1S/C16H23NO/c1-2-3-11-15(18)17-16(12-7-8-13-16)14-9-5-4-6-10-14/h4-6,9-10H,2-3,7-8,11-13H2,1H3,(H,17,18). The van der Waals surface area contributed by atoms with Crippen LogP contribution in [-0.4, -0.2) is 5.91 Å².